The van der Waals surface area contributed by atoms with Gasteiger partial charge in [-0.15, -0.1) is 0 Å². The van der Waals surface area contributed by atoms with Crippen LogP contribution in [-0.4, -0.2) is 31.7 Å². The summed E-state index contributed by atoms with van der Waals surface area (Å²) < 4.78 is 10.4. The van der Waals surface area contributed by atoms with E-state index in [0.29, 0.717) is 12.1 Å². The number of hydrogen-bond donors (Lipinski definition) is 2. The van der Waals surface area contributed by atoms with E-state index < -0.39 is 0 Å². The van der Waals surface area contributed by atoms with E-state index in [1.165, 1.54) is 0 Å². The fourth-order valence-electron chi connectivity index (χ4n) is 2.71. The number of rotatable bonds is 8. The highest BCUT2D eigenvalue weighted by molar-refractivity contribution is 5.94. The van der Waals surface area contributed by atoms with Crippen LogP contribution in [0.3, 0.4) is 0 Å². The van der Waals surface area contributed by atoms with Gasteiger partial charge in [-0.25, -0.2) is 0 Å². The van der Waals surface area contributed by atoms with Gasteiger partial charge in [0.25, 0.3) is 5.91 Å². The second kappa shape index (κ2) is 9.41. The first kappa shape index (κ1) is 19.2. The molecule has 0 saturated heterocycles. The van der Waals surface area contributed by atoms with E-state index in [4.69, 9.17) is 9.47 Å². The van der Waals surface area contributed by atoms with Crippen molar-refractivity contribution in [1.29, 1.82) is 0 Å². The predicted octanol–water partition coefficient (Wildman–Crippen LogP) is 3.81. The first-order valence-corrected chi connectivity index (χ1v) is 8.95. The number of aromatic nitrogens is 1. The lowest BCUT2D eigenvalue weighted by atomic mass is 10.1. The third-order valence-corrected chi connectivity index (χ3v) is 4.22. The molecule has 0 fully saturated rings. The maximum absolute atomic E-state index is 12.4. The summed E-state index contributed by atoms with van der Waals surface area (Å²) in [6.45, 7) is 0.540. The van der Waals surface area contributed by atoms with Crippen molar-refractivity contribution in [2.45, 2.75) is 6.42 Å². The summed E-state index contributed by atoms with van der Waals surface area (Å²) in [6.07, 6.45) is 3.97. The van der Waals surface area contributed by atoms with Crippen molar-refractivity contribution < 1.29 is 14.3 Å². The molecule has 2 aromatic carbocycles. The molecule has 1 aromatic heterocycles. The average Bonchev–Trinajstić information content (AvgIpc) is 2.74. The van der Waals surface area contributed by atoms with Crippen LogP contribution < -0.4 is 20.1 Å². The molecule has 0 bridgehead atoms. The number of methoxy groups -OCH3 is 2. The quantitative estimate of drug-likeness (QED) is 0.624. The number of hydrogen-bond acceptors (Lipinski definition) is 5. The van der Waals surface area contributed by atoms with Crippen LogP contribution in [0.4, 0.5) is 11.4 Å². The van der Waals surface area contributed by atoms with Crippen molar-refractivity contribution >= 4 is 17.3 Å². The van der Waals surface area contributed by atoms with Crippen LogP contribution in [0.15, 0.2) is 67.0 Å². The fraction of sp³-hybridized carbons (Fsp3) is 0.182. The Hall–Kier alpha value is -3.54. The molecule has 0 radical (unpaired) electrons. The molecule has 0 spiro atoms. The number of carbonyl (C=O) groups is 1. The number of carbonyl (C=O) groups excluding carboxylic acids is 1. The Labute approximate surface area is 164 Å². The zero-order valence-corrected chi connectivity index (χ0v) is 15.9. The van der Waals surface area contributed by atoms with Gasteiger partial charge >= 0.3 is 0 Å². The van der Waals surface area contributed by atoms with Gasteiger partial charge in [0.2, 0.25) is 0 Å². The molecule has 6 nitrogen and oxygen atoms in total. The van der Waals surface area contributed by atoms with Crippen LogP contribution in [0.25, 0.3) is 0 Å². The number of nitrogens with one attached hydrogen (secondary N) is 2. The molecular weight excluding hydrogens is 354 g/mol. The van der Waals surface area contributed by atoms with Gasteiger partial charge in [0.1, 0.15) is 11.5 Å². The fourth-order valence-corrected chi connectivity index (χ4v) is 2.71. The molecular formula is C22H23N3O3. The molecule has 144 valence electrons. The van der Waals surface area contributed by atoms with Crippen LogP contribution in [-0.2, 0) is 6.42 Å². The summed E-state index contributed by atoms with van der Waals surface area (Å²) in [7, 11) is 3.26. The lowest BCUT2D eigenvalue weighted by Crippen LogP contribution is -2.25. The highest BCUT2D eigenvalue weighted by atomic mass is 16.5. The number of amides is 1. The average molecular weight is 377 g/mol. The van der Waals surface area contributed by atoms with Crippen LogP contribution in [0.1, 0.15) is 15.9 Å². The van der Waals surface area contributed by atoms with E-state index in [2.05, 4.69) is 15.6 Å². The van der Waals surface area contributed by atoms with Crippen LogP contribution in [0, 0.1) is 0 Å². The molecule has 3 rings (SSSR count). The smallest absolute Gasteiger partial charge is 0.252 e. The number of anilines is 2. The SMILES string of the molecule is COc1ccc(CCNC(=O)c2cncc(Nc3cccc(OC)c3)c2)cc1. The van der Waals surface area contributed by atoms with E-state index in [9.17, 15) is 4.79 Å². The molecule has 0 atom stereocenters. The van der Waals surface area contributed by atoms with Gasteiger partial charge in [0.05, 0.1) is 31.7 Å². The minimum Gasteiger partial charge on any atom is -0.497 e. The van der Waals surface area contributed by atoms with E-state index in [-0.39, 0.29) is 5.91 Å². The van der Waals surface area contributed by atoms with Gasteiger partial charge in [-0.1, -0.05) is 18.2 Å². The summed E-state index contributed by atoms with van der Waals surface area (Å²) in [4.78, 5) is 16.6. The highest BCUT2D eigenvalue weighted by Gasteiger charge is 2.07. The summed E-state index contributed by atoms with van der Waals surface area (Å²) in [5.41, 5.74) is 3.23. The van der Waals surface area contributed by atoms with E-state index in [1.807, 2.05) is 48.5 Å². The Bertz CT molecular complexity index is 926. The molecule has 0 unspecified atom stereocenters. The first-order valence-electron chi connectivity index (χ1n) is 8.95. The third kappa shape index (κ3) is 5.23. The zero-order valence-electron chi connectivity index (χ0n) is 15.9. The monoisotopic (exact) mass is 377 g/mol. The molecule has 2 N–H and O–H groups in total. The summed E-state index contributed by atoms with van der Waals surface area (Å²) in [5, 5.41) is 6.16. The molecule has 3 aromatic rings. The maximum Gasteiger partial charge on any atom is 0.252 e. The Morgan fingerprint density at radius 1 is 0.929 bits per heavy atom. The van der Waals surface area contributed by atoms with E-state index >= 15 is 0 Å². The van der Waals surface area contributed by atoms with Crippen LogP contribution in [0.2, 0.25) is 0 Å². The van der Waals surface area contributed by atoms with Crippen molar-refractivity contribution in [2.24, 2.45) is 0 Å². The first-order chi connectivity index (χ1) is 13.7. The maximum atomic E-state index is 12.4. The van der Waals surface area contributed by atoms with Crippen molar-refractivity contribution in [3.05, 3.63) is 78.1 Å². The summed E-state index contributed by atoms with van der Waals surface area (Å²) in [6, 6.07) is 17.1. The normalized spacial score (nSPS) is 10.2. The number of benzene rings is 2. The Balaban J connectivity index is 1.57. The Kier molecular flexibility index (Phi) is 6.46. The molecule has 0 aliphatic heterocycles. The van der Waals surface area contributed by atoms with Crippen molar-refractivity contribution in [3.63, 3.8) is 0 Å². The van der Waals surface area contributed by atoms with Gasteiger partial charge in [0.15, 0.2) is 0 Å². The molecule has 28 heavy (non-hydrogen) atoms. The van der Waals surface area contributed by atoms with Crippen molar-refractivity contribution in [1.82, 2.24) is 10.3 Å². The second-order valence-electron chi connectivity index (χ2n) is 6.17. The van der Waals surface area contributed by atoms with Gasteiger partial charge in [-0.05, 0) is 42.3 Å². The predicted molar refractivity (Wildman–Crippen MR) is 110 cm³/mol. The topological polar surface area (TPSA) is 72.5 Å². The van der Waals surface area contributed by atoms with Crippen LogP contribution in [0.5, 0.6) is 11.5 Å². The summed E-state index contributed by atoms with van der Waals surface area (Å²) in [5.74, 6) is 1.42. The zero-order chi connectivity index (χ0) is 19.8. The van der Waals surface area contributed by atoms with Crippen molar-refractivity contribution in [2.75, 3.05) is 26.1 Å². The van der Waals surface area contributed by atoms with Gasteiger partial charge in [-0.2, -0.15) is 0 Å². The number of nitrogens with zero attached hydrogens (tertiary/aromatic N) is 1. The van der Waals surface area contributed by atoms with E-state index in [0.717, 1.165) is 34.9 Å². The summed E-state index contributed by atoms with van der Waals surface area (Å²) >= 11 is 0. The minimum absolute atomic E-state index is 0.157. The van der Waals surface area contributed by atoms with E-state index in [1.54, 1.807) is 32.7 Å². The minimum atomic E-state index is -0.157. The van der Waals surface area contributed by atoms with Gasteiger partial charge < -0.3 is 20.1 Å². The molecule has 1 heterocycles. The molecule has 0 saturated carbocycles. The molecule has 0 aliphatic rings. The lowest BCUT2D eigenvalue weighted by molar-refractivity contribution is 0.0954. The van der Waals surface area contributed by atoms with Gasteiger partial charge in [0, 0.05) is 24.5 Å². The lowest BCUT2D eigenvalue weighted by Gasteiger charge is -2.10. The number of pyridine rings is 1. The molecule has 0 aliphatic carbocycles. The standard InChI is InChI=1S/C22H23N3O3/c1-27-20-8-6-16(7-9-20)10-11-24-22(26)17-12-19(15-23-14-17)25-18-4-3-5-21(13-18)28-2/h3-9,12-15,25H,10-11H2,1-2H3,(H,24,26). The van der Waals surface area contributed by atoms with Gasteiger partial charge in [-0.3, -0.25) is 9.78 Å². The molecule has 6 heteroatoms. The Morgan fingerprint density at radius 3 is 2.46 bits per heavy atom. The third-order valence-electron chi connectivity index (χ3n) is 4.22. The Morgan fingerprint density at radius 2 is 1.71 bits per heavy atom. The number of ether oxygens (including phenoxy) is 2. The van der Waals surface area contributed by atoms with Crippen LogP contribution >= 0.6 is 0 Å². The highest BCUT2D eigenvalue weighted by Crippen LogP contribution is 2.21. The van der Waals surface area contributed by atoms with Crippen molar-refractivity contribution in [3.8, 4) is 11.5 Å². The largest absolute Gasteiger partial charge is 0.497 e. The molecule has 1 amide bonds. The second-order valence-corrected chi connectivity index (χ2v) is 6.17.